The second-order valence-electron chi connectivity index (χ2n) is 5.17. The standard InChI is InChI=1S/C18H19N3/c1-14(20-12-18-11-19-13-21-18)15-7-9-17(10-8-15)16-5-3-2-4-6-16/h2-11,13-14,20H,12H2,1H3,(H,19,21). The minimum Gasteiger partial charge on any atom is -0.347 e. The van der Waals surface area contributed by atoms with Crippen LogP contribution in [0.4, 0.5) is 0 Å². The van der Waals surface area contributed by atoms with E-state index < -0.39 is 0 Å². The van der Waals surface area contributed by atoms with Crippen LogP contribution in [0.25, 0.3) is 11.1 Å². The summed E-state index contributed by atoms with van der Waals surface area (Å²) in [5.41, 5.74) is 4.89. The Morgan fingerprint density at radius 3 is 2.38 bits per heavy atom. The number of nitrogens with one attached hydrogen (secondary N) is 2. The van der Waals surface area contributed by atoms with Gasteiger partial charge >= 0.3 is 0 Å². The van der Waals surface area contributed by atoms with Crippen molar-refractivity contribution in [2.75, 3.05) is 0 Å². The van der Waals surface area contributed by atoms with Crippen LogP contribution in [-0.2, 0) is 6.54 Å². The SMILES string of the molecule is CC(NCc1cnc[nH]1)c1ccc(-c2ccccc2)cc1. The molecule has 2 aromatic carbocycles. The highest BCUT2D eigenvalue weighted by Gasteiger charge is 2.05. The van der Waals surface area contributed by atoms with Gasteiger partial charge in [-0.2, -0.15) is 0 Å². The summed E-state index contributed by atoms with van der Waals surface area (Å²) in [6.45, 7) is 2.97. The third-order valence-corrected chi connectivity index (χ3v) is 3.67. The molecule has 0 amide bonds. The molecular formula is C18H19N3. The first-order chi connectivity index (χ1) is 10.3. The fourth-order valence-electron chi connectivity index (χ4n) is 2.36. The van der Waals surface area contributed by atoms with Crippen LogP contribution in [0.3, 0.4) is 0 Å². The van der Waals surface area contributed by atoms with Crippen LogP contribution in [0.5, 0.6) is 0 Å². The average molecular weight is 277 g/mol. The van der Waals surface area contributed by atoms with Crippen LogP contribution in [0, 0.1) is 0 Å². The quantitative estimate of drug-likeness (QED) is 0.742. The molecule has 106 valence electrons. The summed E-state index contributed by atoms with van der Waals surface area (Å²) in [5.74, 6) is 0. The molecule has 1 atom stereocenters. The first-order valence-corrected chi connectivity index (χ1v) is 7.19. The van der Waals surface area contributed by atoms with Crippen LogP contribution >= 0.6 is 0 Å². The molecule has 1 heterocycles. The monoisotopic (exact) mass is 277 g/mol. The number of hydrogen-bond donors (Lipinski definition) is 2. The molecule has 3 aromatic rings. The van der Waals surface area contributed by atoms with E-state index in [1.165, 1.54) is 16.7 Å². The van der Waals surface area contributed by atoms with Gasteiger partial charge in [-0.1, -0.05) is 54.6 Å². The molecule has 0 aliphatic heterocycles. The summed E-state index contributed by atoms with van der Waals surface area (Å²) < 4.78 is 0. The van der Waals surface area contributed by atoms with E-state index >= 15 is 0 Å². The number of nitrogens with zero attached hydrogens (tertiary/aromatic N) is 1. The summed E-state index contributed by atoms with van der Waals surface area (Å²) in [4.78, 5) is 7.12. The number of benzene rings is 2. The lowest BCUT2D eigenvalue weighted by Gasteiger charge is -2.14. The van der Waals surface area contributed by atoms with Gasteiger partial charge in [0, 0.05) is 24.5 Å². The van der Waals surface area contributed by atoms with Crippen LogP contribution in [0.2, 0.25) is 0 Å². The normalized spacial score (nSPS) is 12.2. The van der Waals surface area contributed by atoms with Gasteiger partial charge in [-0.3, -0.25) is 0 Å². The number of hydrogen-bond acceptors (Lipinski definition) is 2. The van der Waals surface area contributed by atoms with Crippen molar-refractivity contribution in [3.8, 4) is 11.1 Å². The van der Waals surface area contributed by atoms with Gasteiger partial charge in [-0.25, -0.2) is 4.98 Å². The topological polar surface area (TPSA) is 40.7 Å². The van der Waals surface area contributed by atoms with Crippen molar-refractivity contribution in [2.24, 2.45) is 0 Å². The number of aromatic amines is 1. The average Bonchev–Trinajstić information content (AvgIpc) is 3.07. The van der Waals surface area contributed by atoms with Crippen molar-refractivity contribution in [3.63, 3.8) is 0 Å². The summed E-state index contributed by atoms with van der Waals surface area (Å²) >= 11 is 0. The van der Waals surface area contributed by atoms with E-state index in [-0.39, 0.29) is 0 Å². The maximum Gasteiger partial charge on any atom is 0.0922 e. The van der Waals surface area contributed by atoms with Gasteiger partial charge in [0.2, 0.25) is 0 Å². The van der Waals surface area contributed by atoms with Gasteiger partial charge in [0.15, 0.2) is 0 Å². The second-order valence-corrected chi connectivity index (χ2v) is 5.17. The van der Waals surface area contributed by atoms with E-state index in [0.29, 0.717) is 6.04 Å². The Kier molecular flexibility index (Phi) is 4.12. The predicted molar refractivity (Wildman–Crippen MR) is 85.7 cm³/mol. The van der Waals surface area contributed by atoms with E-state index in [0.717, 1.165) is 12.2 Å². The van der Waals surface area contributed by atoms with Crippen molar-refractivity contribution in [1.82, 2.24) is 15.3 Å². The van der Waals surface area contributed by atoms with Gasteiger partial charge in [0.05, 0.1) is 6.33 Å². The number of imidazole rings is 1. The molecular weight excluding hydrogens is 258 g/mol. The fraction of sp³-hybridized carbons (Fsp3) is 0.167. The number of rotatable bonds is 5. The first kappa shape index (κ1) is 13.6. The molecule has 0 saturated carbocycles. The van der Waals surface area contributed by atoms with E-state index in [1.54, 1.807) is 6.33 Å². The molecule has 3 nitrogen and oxygen atoms in total. The lowest BCUT2D eigenvalue weighted by molar-refractivity contribution is 0.569. The molecule has 0 aliphatic rings. The molecule has 0 saturated heterocycles. The maximum atomic E-state index is 4.02. The van der Waals surface area contributed by atoms with Crippen LogP contribution in [0.15, 0.2) is 67.1 Å². The Morgan fingerprint density at radius 1 is 1.00 bits per heavy atom. The molecule has 3 heteroatoms. The summed E-state index contributed by atoms with van der Waals surface area (Å²) in [6.07, 6.45) is 3.55. The minimum absolute atomic E-state index is 0.304. The third-order valence-electron chi connectivity index (χ3n) is 3.67. The first-order valence-electron chi connectivity index (χ1n) is 7.19. The molecule has 0 spiro atoms. The van der Waals surface area contributed by atoms with Crippen molar-refractivity contribution in [2.45, 2.75) is 19.5 Å². The van der Waals surface area contributed by atoms with E-state index in [9.17, 15) is 0 Å². The largest absolute Gasteiger partial charge is 0.347 e. The van der Waals surface area contributed by atoms with Gasteiger partial charge in [0.1, 0.15) is 0 Å². The smallest absolute Gasteiger partial charge is 0.0922 e. The molecule has 0 aliphatic carbocycles. The zero-order valence-corrected chi connectivity index (χ0v) is 12.1. The van der Waals surface area contributed by atoms with Crippen LogP contribution in [0.1, 0.15) is 24.2 Å². The predicted octanol–water partition coefficient (Wildman–Crippen LogP) is 3.93. The Hall–Kier alpha value is -2.39. The van der Waals surface area contributed by atoms with Crippen molar-refractivity contribution >= 4 is 0 Å². The summed E-state index contributed by atoms with van der Waals surface area (Å²) in [6, 6.07) is 19.5. The summed E-state index contributed by atoms with van der Waals surface area (Å²) in [7, 11) is 0. The highest BCUT2D eigenvalue weighted by atomic mass is 14.9. The maximum absolute atomic E-state index is 4.02. The Labute approximate surface area is 125 Å². The summed E-state index contributed by atoms with van der Waals surface area (Å²) in [5, 5.41) is 3.49. The van der Waals surface area contributed by atoms with E-state index in [2.05, 4.69) is 70.7 Å². The molecule has 21 heavy (non-hydrogen) atoms. The lowest BCUT2D eigenvalue weighted by Crippen LogP contribution is -2.18. The molecule has 3 rings (SSSR count). The highest BCUT2D eigenvalue weighted by Crippen LogP contribution is 2.21. The van der Waals surface area contributed by atoms with Crippen molar-refractivity contribution < 1.29 is 0 Å². The van der Waals surface area contributed by atoms with Gasteiger partial charge in [-0.05, 0) is 23.6 Å². The third kappa shape index (κ3) is 3.38. The Balaban J connectivity index is 1.66. The fourth-order valence-corrected chi connectivity index (χ4v) is 2.36. The van der Waals surface area contributed by atoms with Crippen molar-refractivity contribution in [3.05, 3.63) is 78.4 Å². The Bertz CT molecular complexity index is 657. The second kappa shape index (κ2) is 6.37. The highest BCUT2D eigenvalue weighted by molar-refractivity contribution is 5.63. The van der Waals surface area contributed by atoms with Crippen LogP contribution in [-0.4, -0.2) is 9.97 Å². The van der Waals surface area contributed by atoms with Gasteiger partial charge in [-0.15, -0.1) is 0 Å². The molecule has 1 aromatic heterocycles. The molecule has 0 fully saturated rings. The molecule has 0 bridgehead atoms. The zero-order valence-electron chi connectivity index (χ0n) is 12.1. The number of aromatic nitrogens is 2. The molecule has 0 radical (unpaired) electrons. The van der Waals surface area contributed by atoms with Crippen molar-refractivity contribution in [1.29, 1.82) is 0 Å². The van der Waals surface area contributed by atoms with Crippen LogP contribution < -0.4 is 5.32 Å². The van der Waals surface area contributed by atoms with E-state index in [1.807, 2.05) is 12.3 Å². The zero-order chi connectivity index (χ0) is 14.5. The minimum atomic E-state index is 0.304. The molecule has 2 N–H and O–H groups in total. The van der Waals surface area contributed by atoms with Gasteiger partial charge < -0.3 is 10.3 Å². The molecule has 1 unspecified atom stereocenters. The number of H-pyrrole nitrogens is 1. The van der Waals surface area contributed by atoms with Gasteiger partial charge in [0.25, 0.3) is 0 Å². The lowest BCUT2D eigenvalue weighted by atomic mass is 10.0. The van der Waals surface area contributed by atoms with E-state index in [4.69, 9.17) is 0 Å². The Morgan fingerprint density at radius 2 is 1.71 bits per heavy atom.